The molecule has 186 valence electrons. The standard InChI is InChI=1S/C27H27N3O4S2/c1-19(2)34-26(31)22-13-11-21(12-14-22)17-35-27-29-28-25(30(27)23-7-5-4-6-8-23)18-36(32,33)24-15-9-20(3)10-16-24/h4-16,19H,17-18H2,1-3H3. The molecule has 0 amide bonds. The number of ether oxygens (including phenoxy) is 1. The van der Waals surface area contributed by atoms with Crippen molar-refractivity contribution in [3.63, 3.8) is 0 Å². The highest BCUT2D eigenvalue weighted by atomic mass is 32.2. The summed E-state index contributed by atoms with van der Waals surface area (Å²) in [4.78, 5) is 12.3. The van der Waals surface area contributed by atoms with Crippen LogP contribution in [-0.2, 0) is 26.1 Å². The Morgan fingerprint density at radius 3 is 2.25 bits per heavy atom. The summed E-state index contributed by atoms with van der Waals surface area (Å²) in [7, 11) is -3.61. The number of carbonyl (C=O) groups is 1. The first-order valence-corrected chi connectivity index (χ1v) is 14.1. The Labute approximate surface area is 215 Å². The second-order valence-electron chi connectivity index (χ2n) is 8.58. The van der Waals surface area contributed by atoms with Gasteiger partial charge in [-0.3, -0.25) is 4.57 Å². The maximum atomic E-state index is 13.1. The Balaban J connectivity index is 1.57. The van der Waals surface area contributed by atoms with Gasteiger partial charge in [-0.05, 0) is 62.7 Å². The molecule has 1 heterocycles. The molecule has 36 heavy (non-hydrogen) atoms. The van der Waals surface area contributed by atoms with Crippen molar-refractivity contribution in [1.82, 2.24) is 14.8 Å². The molecule has 9 heteroatoms. The normalized spacial score (nSPS) is 11.6. The van der Waals surface area contributed by atoms with Crippen molar-refractivity contribution in [3.05, 3.63) is 101 Å². The first-order valence-electron chi connectivity index (χ1n) is 11.4. The molecule has 4 rings (SSSR count). The lowest BCUT2D eigenvalue weighted by molar-refractivity contribution is 0.0378. The van der Waals surface area contributed by atoms with Crippen molar-refractivity contribution in [2.45, 2.75) is 48.4 Å². The number of nitrogens with zero attached hydrogens (tertiary/aromatic N) is 3. The molecular formula is C27H27N3O4S2. The summed E-state index contributed by atoms with van der Waals surface area (Å²) >= 11 is 1.44. The van der Waals surface area contributed by atoms with E-state index in [-0.39, 0.29) is 22.7 Å². The lowest BCUT2D eigenvalue weighted by Crippen LogP contribution is -2.11. The van der Waals surface area contributed by atoms with E-state index in [0.29, 0.717) is 22.3 Å². The molecule has 7 nitrogen and oxygen atoms in total. The number of rotatable bonds is 9. The molecular weight excluding hydrogens is 494 g/mol. The van der Waals surface area contributed by atoms with Gasteiger partial charge in [-0.2, -0.15) is 0 Å². The Kier molecular flexibility index (Phi) is 7.91. The van der Waals surface area contributed by atoms with Crippen LogP contribution < -0.4 is 0 Å². The van der Waals surface area contributed by atoms with Crippen molar-refractivity contribution >= 4 is 27.6 Å². The molecule has 0 aliphatic carbocycles. The van der Waals surface area contributed by atoms with E-state index in [0.717, 1.165) is 16.8 Å². The van der Waals surface area contributed by atoms with Crippen LogP contribution in [0.3, 0.4) is 0 Å². The molecule has 0 spiro atoms. The van der Waals surface area contributed by atoms with Gasteiger partial charge in [0.2, 0.25) is 0 Å². The van der Waals surface area contributed by atoms with Gasteiger partial charge in [0.05, 0.1) is 16.6 Å². The first kappa shape index (κ1) is 25.7. The van der Waals surface area contributed by atoms with Crippen LogP contribution in [0.2, 0.25) is 0 Å². The molecule has 4 aromatic rings. The summed E-state index contributed by atoms with van der Waals surface area (Å²) in [5, 5.41) is 9.15. The van der Waals surface area contributed by atoms with Gasteiger partial charge < -0.3 is 4.74 Å². The van der Waals surface area contributed by atoms with Crippen molar-refractivity contribution in [2.75, 3.05) is 0 Å². The second-order valence-corrected chi connectivity index (χ2v) is 11.5. The van der Waals surface area contributed by atoms with Crippen molar-refractivity contribution in [2.24, 2.45) is 0 Å². The number of aromatic nitrogens is 3. The summed E-state index contributed by atoms with van der Waals surface area (Å²) in [6.07, 6.45) is -0.180. The fourth-order valence-electron chi connectivity index (χ4n) is 3.49. The third-order valence-electron chi connectivity index (χ3n) is 5.31. The topological polar surface area (TPSA) is 91.2 Å². The van der Waals surface area contributed by atoms with E-state index in [4.69, 9.17) is 4.74 Å². The number of aryl methyl sites for hydroxylation is 1. The lowest BCUT2D eigenvalue weighted by Gasteiger charge is -2.11. The monoisotopic (exact) mass is 521 g/mol. The minimum absolute atomic E-state index is 0.180. The van der Waals surface area contributed by atoms with Crippen LogP contribution >= 0.6 is 11.8 Å². The highest BCUT2D eigenvalue weighted by molar-refractivity contribution is 7.98. The molecule has 0 unspecified atom stereocenters. The van der Waals surface area contributed by atoms with Crippen molar-refractivity contribution in [1.29, 1.82) is 0 Å². The molecule has 0 N–H and O–H groups in total. The Morgan fingerprint density at radius 2 is 1.61 bits per heavy atom. The molecule has 0 aliphatic rings. The zero-order chi connectivity index (χ0) is 25.7. The number of thioether (sulfide) groups is 1. The van der Waals surface area contributed by atoms with E-state index in [2.05, 4.69) is 10.2 Å². The van der Waals surface area contributed by atoms with Gasteiger partial charge in [-0.1, -0.05) is 59.8 Å². The molecule has 3 aromatic carbocycles. The SMILES string of the molecule is Cc1ccc(S(=O)(=O)Cc2nnc(SCc3ccc(C(=O)OC(C)C)cc3)n2-c2ccccc2)cc1. The van der Waals surface area contributed by atoms with Gasteiger partial charge in [0.1, 0.15) is 5.75 Å². The maximum Gasteiger partial charge on any atom is 0.338 e. The van der Waals surface area contributed by atoms with E-state index >= 15 is 0 Å². The molecule has 0 bridgehead atoms. The zero-order valence-electron chi connectivity index (χ0n) is 20.3. The van der Waals surface area contributed by atoms with E-state index < -0.39 is 9.84 Å². The van der Waals surface area contributed by atoms with Gasteiger partial charge in [-0.25, -0.2) is 13.2 Å². The summed E-state index contributed by atoms with van der Waals surface area (Å²) in [5.41, 5.74) is 3.25. The smallest absolute Gasteiger partial charge is 0.338 e. The van der Waals surface area contributed by atoms with Gasteiger partial charge in [0.25, 0.3) is 0 Å². The molecule has 0 saturated carbocycles. The third-order valence-corrected chi connectivity index (χ3v) is 7.94. The van der Waals surface area contributed by atoms with Gasteiger partial charge in [0.15, 0.2) is 20.8 Å². The molecule has 0 fully saturated rings. The highest BCUT2D eigenvalue weighted by Crippen LogP contribution is 2.27. The second kappa shape index (κ2) is 11.1. The summed E-state index contributed by atoms with van der Waals surface area (Å²) < 4.78 is 33.2. The van der Waals surface area contributed by atoms with Crippen LogP contribution in [0.15, 0.2) is 88.9 Å². The fraction of sp³-hybridized carbons (Fsp3) is 0.222. The van der Waals surface area contributed by atoms with E-state index in [9.17, 15) is 13.2 Å². The third kappa shape index (κ3) is 6.22. The predicted molar refractivity (Wildman–Crippen MR) is 140 cm³/mol. The maximum absolute atomic E-state index is 13.1. The Hall–Kier alpha value is -3.43. The van der Waals surface area contributed by atoms with E-state index in [1.54, 1.807) is 41.0 Å². The molecule has 0 aliphatic heterocycles. The number of esters is 1. The predicted octanol–water partition coefficient (Wildman–Crippen LogP) is 5.41. The quantitative estimate of drug-likeness (QED) is 0.215. The van der Waals surface area contributed by atoms with E-state index in [1.807, 2.05) is 63.2 Å². The largest absolute Gasteiger partial charge is 0.459 e. The number of benzene rings is 3. The van der Waals surface area contributed by atoms with Crippen LogP contribution in [0.25, 0.3) is 5.69 Å². The summed E-state index contributed by atoms with van der Waals surface area (Å²) in [6.45, 7) is 5.54. The average Bonchev–Trinajstić information content (AvgIpc) is 3.25. The molecule has 0 atom stereocenters. The van der Waals surface area contributed by atoms with Gasteiger partial charge >= 0.3 is 5.97 Å². The first-order chi connectivity index (χ1) is 17.2. The Morgan fingerprint density at radius 1 is 0.944 bits per heavy atom. The summed E-state index contributed by atoms with van der Waals surface area (Å²) in [6, 6.07) is 23.5. The van der Waals surface area contributed by atoms with Gasteiger partial charge in [-0.15, -0.1) is 10.2 Å². The molecule has 1 aromatic heterocycles. The van der Waals surface area contributed by atoms with Crippen LogP contribution in [0.5, 0.6) is 0 Å². The number of hydrogen-bond acceptors (Lipinski definition) is 7. The summed E-state index contributed by atoms with van der Waals surface area (Å²) in [5.74, 6) is 0.281. The minimum Gasteiger partial charge on any atom is -0.459 e. The molecule has 0 radical (unpaired) electrons. The number of para-hydroxylation sites is 1. The van der Waals surface area contributed by atoms with Crippen LogP contribution in [0, 0.1) is 6.92 Å². The van der Waals surface area contributed by atoms with Gasteiger partial charge in [0, 0.05) is 11.4 Å². The number of sulfone groups is 1. The van der Waals surface area contributed by atoms with E-state index in [1.165, 1.54) is 11.8 Å². The lowest BCUT2D eigenvalue weighted by atomic mass is 10.1. The van der Waals surface area contributed by atoms with Crippen LogP contribution in [0.1, 0.15) is 41.2 Å². The molecule has 0 saturated heterocycles. The number of hydrogen-bond donors (Lipinski definition) is 0. The highest BCUT2D eigenvalue weighted by Gasteiger charge is 2.22. The minimum atomic E-state index is -3.61. The van der Waals surface area contributed by atoms with Crippen molar-refractivity contribution in [3.8, 4) is 5.69 Å². The zero-order valence-corrected chi connectivity index (χ0v) is 21.9. The average molecular weight is 522 g/mol. The van der Waals surface area contributed by atoms with Crippen LogP contribution in [0.4, 0.5) is 0 Å². The number of carbonyl (C=O) groups excluding carboxylic acids is 1. The van der Waals surface area contributed by atoms with Crippen LogP contribution in [-0.4, -0.2) is 35.3 Å². The fourth-order valence-corrected chi connectivity index (χ4v) is 5.66. The Bertz CT molecular complexity index is 1430. The van der Waals surface area contributed by atoms with Crippen molar-refractivity contribution < 1.29 is 17.9 Å².